The third-order valence-corrected chi connectivity index (χ3v) is 2.22. The third-order valence-electron chi connectivity index (χ3n) is 2.22. The lowest BCUT2D eigenvalue weighted by molar-refractivity contribution is 1.01. The van der Waals surface area contributed by atoms with E-state index in [-0.39, 0.29) is 0 Å². The predicted octanol–water partition coefficient (Wildman–Crippen LogP) is 1.89. The molecular formula is C10H13N. The summed E-state index contributed by atoms with van der Waals surface area (Å²) < 4.78 is 0. The van der Waals surface area contributed by atoms with Gasteiger partial charge < -0.3 is 5.32 Å². The fourth-order valence-corrected chi connectivity index (χ4v) is 1.47. The molecule has 1 saturated heterocycles. The van der Waals surface area contributed by atoms with Crippen LogP contribution in [0.15, 0.2) is 24.3 Å². The average molecular weight is 147 g/mol. The maximum atomic E-state index is 3.33. The summed E-state index contributed by atoms with van der Waals surface area (Å²) in [6.45, 7) is 3.37. The Hall–Kier alpha value is -0.820. The van der Waals surface area contributed by atoms with E-state index < -0.39 is 0 Å². The molecule has 1 aliphatic heterocycles. The van der Waals surface area contributed by atoms with Crippen LogP contribution in [-0.2, 0) is 6.42 Å². The van der Waals surface area contributed by atoms with E-state index in [4.69, 9.17) is 0 Å². The zero-order valence-corrected chi connectivity index (χ0v) is 6.80. The number of hydrogen-bond donors (Lipinski definition) is 1. The Morgan fingerprint density at radius 1 is 1.45 bits per heavy atom. The largest absolute Gasteiger partial charge is 0.307 e. The quantitative estimate of drug-likeness (QED) is 0.634. The molecule has 0 aliphatic carbocycles. The second-order valence-corrected chi connectivity index (χ2v) is 3.01. The van der Waals surface area contributed by atoms with Crippen LogP contribution in [0.25, 0.3) is 0 Å². The van der Waals surface area contributed by atoms with Crippen molar-refractivity contribution >= 4 is 0 Å². The molecule has 0 radical (unpaired) electrons. The van der Waals surface area contributed by atoms with E-state index in [2.05, 4.69) is 36.5 Å². The highest BCUT2D eigenvalue weighted by molar-refractivity contribution is 5.32. The second-order valence-electron chi connectivity index (χ2n) is 3.01. The van der Waals surface area contributed by atoms with Crippen molar-refractivity contribution in [2.24, 2.45) is 0 Å². The number of nitrogens with one attached hydrogen (secondary N) is 1. The summed E-state index contributed by atoms with van der Waals surface area (Å²) in [6, 6.07) is 9.34. The molecule has 1 aromatic carbocycles. The zero-order valence-electron chi connectivity index (χ0n) is 6.80. The van der Waals surface area contributed by atoms with E-state index in [1.54, 1.807) is 0 Å². The van der Waals surface area contributed by atoms with Gasteiger partial charge in [0, 0.05) is 12.6 Å². The highest BCUT2D eigenvalue weighted by atomic mass is 15.1. The number of aryl methyl sites for hydroxylation is 1. The van der Waals surface area contributed by atoms with Crippen LogP contribution in [0.4, 0.5) is 0 Å². The van der Waals surface area contributed by atoms with E-state index in [9.17, 15) is 0 Å². The molecule has 0 amide bonds. The smallest absolute Gasteiger partial charge is 0.0450 e. The first-order chi connectivity index (χ1) is 5.42. The van der Waals surface area contributed by atoms with Crippen molar-refractivity contribution in [3.63, 3.8) is 0 Å². The van der Waals surface area contributed by atoms with Gasteiger partial charge in [-0.1, -0.05) is 31.2 Å². The average Bonchev–Trinajstić information content (AvgIpc) is 2.87. The van der Waals surface area contributed by atoms with Crippen molar-refractivity contribution in [3.05, 3.63) is 35.4 Å². The Morgan fingerprint density at radius 3 is 2.82 bits per heavy atom. The summed E-state index contributed by atoms with van der Waals surface area (Å²) in [7, 11) is 0. The van der Waals surface area contributed by atoms with Crippen molar-refractivity contribution in [3.8, 4) is 0 Å². The molecule has 0 bridgehead atoms. The van der Waals surface area contributed by atoms with Gasteiger partial charge >= 0.3 is 0 Å². The van der Waals surface area contributed by atoms with Gasteiger partial charge in [-0.15, -0.1) is 0 Å². The van der Waals surface area contributed by atoms with Gasteiger partial charge in [-0.3, -0.25) is 0 Å². The first-order valence-corrected chi connectivity index (χ1v) is 4.23. The van der Waals surface area contributed by atoms with Crippen LogP contribution in [0.3, 0.4) is 0 Å². The van der Waals surface area contributed by atoms with Gasteiger partial charge in [0.15, 0.2) is 0 Å². The van der Waals surface area contributed by atoms with Crippen molar-refractivity contribution in [2.45, 2.75) is 19.4 Å². The van der Waals surface area contributed by atoms with E-state index in [0.29, 0.717) is 6.04 Å². The van der Waals surface area contributed by atoms with E-state index in [0.717, 1.165) is 13.0 Å². The summed E-state index contributed by atoms with van der Waals surface area (Å²) >= 11 is 0. The lowest BCUT2D eigenvalue weighted by Gasteiger charge is -2.03. The van der Waals surface area contributed by atoms with Crippen LogP contribution in [0, 0.1) is 0 Å². The highest BCUT2D eigenvalue weighted by Crippen LogP contribution is 2.24. The standard InChI is InChI=1S/C10H13N/c1-2-8-5-3-4-6-9(8)10-7-11-10/h3-6,10-11H,2,7H2,1H3. The Bertz CT molecular complexity index is 251. The molecule has 1 N–H and O–H groups in total. The maximum absolute atomic E-state index is 3.33. The normalized spacial score (nSPS) is 21.7. The van der Waals surface area contributed by atoms with Gasteiger partial charge in [0.2, 0.25) is 0 Å². The fourth-order valence-electron chi connectivity index (χ4n) is 1.47. The minimum absolute atomic E-state index is 0.658. The highest BCUT2D eigenvalue weighted by Gasteiger charge is 2.23. The molecule has 11 heavy (non-hydrogen) atoms. The molecule has 1 fully saturated rings. The third kappa shape index (κ3) is 1.29. The van der Waals surface area contributed by atoms with Gasteiger partial charge in [0.1, 0.15) is 0 Å². The molecule has 1 heterocycles. The van der Waals surface area contributed by atoms with Gasteiger partial charge in [0.05, 0.1) is 0 Å². The van der Waals surface area contributed by atoms with Crippen LogP contribution < -0.4 is 5.32 Å². The van der Waals surface area contributed by atoms with Crippen LogP contribution in [0.1, 0.15) is 24.1 Å². The predicted molar refractivity (Wildman–Crippen MR) is 46.6 cm³/mol. The van der Waals surface area contributed by atoms with Crippen LogP contribution in [0.5, 0.6) is 0 Å². The zero-order chi connectivity index (χ0) is 7.68. The minimum atomic E-state index is 0.658. The monoisotopic (exact) mass is 147 g/mol. The molecule has 1 aliphatic rings. The molecule has 1 nitrogen and oxygen atoms in total. The Morgan fingerprint density at radius 2 is 2.18 bits per heavy atom. The van der Waals surface area contributed by atoms with Crippen molar-refractivity contribution < 1.29 is 0 Å². The molecule has 1 unspecified atom stereocenters. The van der Waals surface area contributed by atoms with Gasteiger partial charge in [0.25, 0.3) is 0 Å². The van der Waals surface area contributed by atoms with Crippen LogP contribution >= 0.6 is 0 Å². The fraction of sp³-hybridized carbons (Fsp3) is 0.400. The maximum Gasteiger partial charge on any atom is 0.0450 e. The van der Waals surface area contributed by atoms with Gasteiger partial charge in [-0.2, -0.15) is 0 Å². The summed E-state index contributed by atoms with van der Waals surface area (Å²) in [6.07, 6.45) is 1.15. The van der Waals surface area contributed by atoms with Gasteiger partial charge in [-0.25, -0.2) is 0 Å². The molecule has 1 aromatic rings. The molecule has 58 valence electrons. The Kier molecular flexibility index (Phi) is 1.66. The molecule has 1 atom stereocenters. The summed E-state index contributed by atoms with van der Waals surface area (Å²) in [5.74, 6) is 0. The van der Waals surface area contributed by atoms with E-state index in [1.165, 1.54) is 11.1 Å². The molecular weight excluding hydrogens is 134 g/mol. The van der Waals surface area contributed by atoms with Crippen molar-refractivity contribution in [1.82, 2.24) is 5.32 Å². The topological polar surface area (TPSA) is 21.9 Å². The Balaban J connectivity index is 2.34. The lowest BCUT2D eigenvalue weighted by Crippen LogP contribution is -1.91. The minimum Gasteiger partial charge on any atom is -0.307 e. The number of benzene rings is 1. The SMILES string of the molecule is CCc1ccccc1C1CN1. The number of hydrogen-bond acceptors (Lipinski definition) is 1. The van der Waals surface area contributed by atoms with Crippen LogP contribution in [-0.4, -0.2) is 6.54 Å². The van der Waals surface area contributed by atoms with E-state index >= 15 is 0 Å². The second kappa shape index (κ2) is 2.67. The van der Waals surface area contributed by atoms with Crippen molar-refractivity contribution in [2.75, 3.05) is 6.54 Å². The number of rotatable bonds is 2. The molecule has 0 saturated carbocycles. The summed E-state index contributed by atoms with van der Waals surface area (Å²) in [5, 5.41) is 3.33. The molecule has 0 spiro atoms. The van der Waals surface area contributed by atoms with Crippen molar-refractivity contribution in [1.29, 1.82) is 0 Å². The van der Waals surface area contributed by atoms with Gasteiger partial charge in [-0.05, 0) is 17.5 Å². The summed E-state index contributed by atoms with van der Waals surface area (Å²) in [4.78, 5) is 0. The Labute approximate surface area is 67.4 Å². The summed E-state index contributed by atoms with van der Waals surface area (Å²) in [5.41, 5.74) is 2.98. The first kappa shape index (κ1) is 6.86. The van der Waals surface area contributed by atoms with Crippen LogP contribution in [0.2, 0.25) is 0 Å². The molecule has 2 rings (SSSR count). The first-order valence-electron chi connectivity index (χ1n) is 4.23. The molecule has 0 aromatic heterocycles. The molecule has 1 heteroatoms. The lowest BCUT2D eigenvalue weighted by atomic mass is 10.0. The van der Waals surface area contributed by atoms with E-state index in [1.807, 2.05) is 0 Å².